The van der Waals surface area contributed by atoms with Crippen LogP contribution in [0.3, 0.4) is 0 Å². The molecule has 0 aliphatic heterocycles. The number of anilines is 1. The zero-order valence-electron chi connectivity index (χ0n) is 8.91. The van der Waals surface area contributed by atoms with Gasteiger partial charge in [-0.3, -0.25) is 9.89 Å². The van der Waals surface area contributed by atoms with Gasteiger partial charge in [0.2, 0.25) is 0 Å². The van der Waals surface area contributed by atoms with Crippen LogP contribution in [0.1, 0.15) is 23.7 Å². The van der Waals surface area contributed by atoms with Gasteiger partial charge < -0.3 is 15.8 Å². The highest BCUT2D eigenvalue weighted by Crippen LogP contribution is 2.06. The Kier molecular flexibility index (Phi) is 4.11. The summed E-state index contributed by atoms with van der Waals surface area (Å²) in [7, 11) is 1.63. The number of nitrogens with two attached hydrogens (primary N) is 1. The molecule has 1 amide bonds. The van der Waals surface area contributed by atoms with E-state index in [0.717, 1.165) is 6.42 Å². The molecule has 0 saturated heterocycles. The SMILES string of the molecule is COCCC(C)NC(=O)c1cn[nH]c1N. The molecule has 0 fully saturated rings. The number of methoxy groups -OCH3 is 1. The van der Waals surface area contributed by atoms with E-state index < -0.39 is 0 Å². The monoisotopic (exact) mass is 212 g/mol. The molecule has 15 heavy (non-hydrogen) atoms. The normalized spacial score (nSPS) is 12.4. The molecule has 1 rings (SSSR count). The average Bonchev–Trinajstić information content (AvgIpc) is 2.61. The lowest BCUT2D eigenvalue weighted by Crippen LogP contribution is -2.33. The summed E-state index contributed by atoms with van der Waals surface area (Å²) in [6, 6.07) is 0.0479. The molecule has 1 heterocycles. The average molecular weight is 212 g/mol. The Morgan fingerprint density at radius 2 is 2.53 bits per heavy atom. The summed E-state index contributed by atoms with van der Waals surface area (Å²) in [5, 5.41) is 8.98. The summed E-state index contributed by atoms with van der Waals surface area (Å²) in [4.78, 5) is 11.6. The zero-order chi connectivity index (χ0) is 11.3. The summed E-state index contributed by atoms with van der Waals surface area (Å²) >= 11 is 0. The number of carbonyl (C=O) groups is 1. The van der Waals surface area contributed by atoms with Crippen molar-refractivity contribution in [3.63, 3.8) is 0 Å². The standard InChI is InChI=1S/C9H16N4O2/c1-6(3-4-15-2)12-9(14)7-5-11-13-8(7)10/h5-6H,3-4H2,1-2H3,(H,12,14)(H3,10,11,13). The number of carbonyl (C=O) groups excluding carboxylic acids is 1. The van der Waals surface area contributed by atoms with Crippen LogP contribution < -0.4 is 11.1 Å². The number of hydrogen-bond acceptors (Lipinski definition) is 4. The van der Waals surface area contributed by atoms with E-state index in [4.69, 9.17) is 10.5 Å². The van der Waals surface area contributed by atoms with Gasteiger partial charge in [-0.1, -0.05) is 0 Å². The van der Waals surface area contributed by atoms with Gasteiger partial charge in [-0.25, -0.2) is 0 Å². The number of amides is 1. The first-order valence-electron chi connectivity index (χ1n) is 4.73. The lowest BCUT2D eigenvalue weighted by molar-refractivity contribution is 0.0930. The molecule has 6 nitrogen and oxygen atoms in total. The van der Waals surface area contributed by atoms with E-state index in [9.17, 15) is 4.79 Å². The van der Waals surface area contributed by atoms with Crippen molar-refractivity contribution in [2.75, 3.05) is 19.5 Å². The molecule has 0 bridgehead atoms. The van der Waals surface area contributed by atoms with Crippen molar-refractivity contribution in [2.24, 2.45) is 0 Å². The number of aromatic nitrogens is 2. The van der Waals surface area contributed by atoms with Gasteiger partial charge in [0.1, 0.15) is 11.4 Å². The van der Waals surface area contributed by atoms with Crippen LogP contribution in [0.25, 0.3) is 0 Å². The van der Waals surface area contributed by atoms with E-state index in [0.29, 0.717) is 12.2 Å². The van der Waals surface area contributed by atoms with Gasteiger partial charge in [-0.2, -0.15) is 5.10 Å². The van der Waals surface area contributed by atoms with Crippen molar-refractivity contribution >= 4 is 11.7 Å². The highest BCUT2D eigenvalue weighted by Gasteiger charge is 2.13. The molecule has 1 aromatic rings. The van der Waals surface area contributed by atoms with E-state index in [2.05, 4.69) is 15.5 Å². The third-order valence-corrected chi connectivity index (χ3v) is 2.05. The quantitative estimate of drug-likeness (QED) is 0.647. The van der Waals surface area contributed by atoms with Gasteiger partial charge in [0.05, 0.1) is 6.20 Å². The molecule has 0 saturated carbocycles. The molecule has 0 spiro atoms. The van der Waals surface area contributed by atoms with Gasteiger partial charge in [0, 0.05) is 19.8 Å². The third kappa shape index (κ3) is 3.25. The molecule has 0 aliphatic carbocycles. The molecule has 1 unspecified atom stereocenters. The second kappa shape index (κ2) is 5.35. The number of hydrogen-bond donors (Lipinski definition) is 3. The Balaban J connectivity index is 2.46. The van der Waals surface area contributed by atoms with Crippen LogP contribution in [-0.4, -0.2) is 35.9 Å². The maximum atomic E-state index is 11.6. The molecule has 4 N–H and O–H groups in total. The Morgan fingerprint density at radius 3 is 3.07 bits per heavy atom. The van der Waals surface area contributed by atoms with Crippen LogP contribution in [0.2, 0.25) is 0 Å². The predicted molar refractivity (Wildman–Crippen MR) is 56.4 cm³/mol. The van der Waals surface area contributed by atoms with Crippen molar-refractivity contribution in [2.45, 2.75) is 19.4 Å². The first-order chi connectivity index (χ1) is 7.15. The molecule has 0 aromatic carbocycles. The van der Waals surface area contributed by atoms with Crippen molar-refractivity contribution in [3.05, 3.63) is 11.8 Å². The Bertz CT molecular complexity index is 324. The lowest BCUT2D eigenvalue weighted by Gasteiger charge is -2.12. The minimum absolute atomic E-state index is 0.0479. The third-order valence-electron chi connectivity index (χ3n) is 2.05. The second-order valence-corrected chi connectivity index (χ2v) is 3.35. The summed E-state index contributed by atoms with van der Waals surface area (Å²) in [6.07, 6.45) is 2.17. The van der Waals surface area contributed by atoms with Crippen LogP contribution in [0.4, 0.5) is 5.82 Å². The summed E-state index contributed by atoms with van der Waals surface area (Å²) < 4.78 is 4.91. The minimum Gasteiger partial charge on any atom is -0.385 e. The highest BCUT2D eigenvalue weighted by atomic mass is 16.5. The van der Waals surface area contributed by atoms with Crippen LogP contribution in [-0.2, 0) is 4.74 Å². The minimum atomic E-state index is -0.218. The molecule has 6 heteroatoms. The van der Waals surface area contributed by atoms with Gasteiger partial charge in [0.25, 0.3) is 5.91 Å². The first-order valence-corrected chi connectivity index (χ1v) is 4.73. The fourth-order valence-corrected chi connectivity index (χ4v) is 1.15. The van der Waals surface area contributed by atoms with Gasteiger partial charge in [-0.05, 0) is 13.3 Å². The van der Waals surface area contributed by atoms with Gasteiger partial charge >= 0.3 is 0 Å². The topological polar surface area (TPSA) is 93.0 Å². The van der Waals surface area contributed by atoms with E-state index >= 15 is 0 Å². The summed E-state index contributed by atoms with van der Waals surface area (Å²) in [5.41, 5.74) is 5.89. The molecule has 84 valence electrons. The Hall–Kier alpha value is -1.56. The van der Waals surface area contributed by atoms with Crippen molar-refractivity contribution in [3.8, 4) is 0 Å². The fourth-order valence-electron chi connectivity index (χ4n) is 1.15. The number of aromatic amines is 1. The fraction of sp³-hybridized carbons (Fsp3) is 0.556. The largest absolute Gasteiger partial charge is 0.385 e. The molecular formula is C9H16N4O2. The first kappa shape index (κ1) is 11.5. The number of nitrogens with zero attached hydrogens (tertiary/aromatic N) is 1. The number of nitrogen functional groups attached to an aromatic ring is 1. The van der Waals surface area contributed by atoms with Crippen LogP contribution in [0.5, 0.6) is 0 Å². The van der Waals surface area contributed by atoms with E-state index in [1.807, 2.05) is 6.92 Å². The lowest BCUT2D eigenvalue weighted by atomic mass is 10.2. The number of H-pyrrole nitrogens is 1. The molecule has 1 aromatic heterocycles. The molecule has 0 aliphatic rings. The van der Waals surface area contributed by atoms with Crippen LogP contribution in [0.15, 0.2) is 6.20 Å². The Morgan fingerprint density at radius 1 is 1.80 bits per heavy atom. The maximum Gasteiger partial charge on any atom is 0.256 e. The zero-order valence-corrected chi connectivity index (χ0v) is 8.91. The van der Waals surface area contributed by atoms with E-state index in [-0.39, 0.29) is 17.8 Å². The van der Waals surface area contributed by atoms with Crippen LogP contribution in [0, 0.1) is 0 Å². The predicted octanol–water partition coefficient (Wildman–Crippen LogP) is 0.147. The smallest absolute Gasteiger partial charge is 0.256 e. The van der Waals surface area contributed by atoms with Crippen molar-refractivity contribution in [1.29, 1.82) is 0 Å². The molecular weight excluding hydrogens is 196 g/mol. The maximum absolute atomic E-state index is 11.6. The van der Waals surface area contributed by atoms with Crippen LogP contribution >= 0.6 is 0 Å². The van der Waals surface area contributed by atoms with E-state index in [1.54, 1.807) is 7.11 Å². The summed E-state index contributed by atoms with van der Waals surface area (Å²) in [6.45, 7) is 2.52. The van der Waals surface area contributed by atoms with Crippen molar-refractivity contribution in [1.82, 2.24) is 15.5 Å². The molecule has 1 atom stereocenters. The number of rotatable bonds is 5. The second-order valence-electron chi connectivity index (χ2n) is 3.35. The Labute approximate surface area is 88.2 Å². The van der Waals surface area contributed by atoms with E-state index in [1.165, 1.54) is 6.20 Å². The van der Waals surface area contributed by atoms with Crippen molar-refractivity contribution < 1.29 is 9.53 Å². The van der Waals surface area contributed by atoms with Gasteiger partial charge in [0.15, 0.2) is 0 Å². The highest BCUT2D eigenvalue weighted by molar-refractivity contribution is 5.98. The molecule has 0 radical (unpaired) electrons. The number of ether oxygens (including phenoxy) is 1. The van der Waals surface area contributed by atoms with Gasteiger partial charge in [-0.15, -0.1) is 0 Å². The number of nitrogens with one attached hydrogen (secondary N) is 2. The summed E-state index contributed by atoms with van der Waals surface area (Å²) in [5.74, 6) is 0.0660.